The van der Waals surface area contributed by atoms with E-state index in [9.17, 15) is 4.39 Å². The summed E-state index contributed by atoms with van der Waals surface area (Å²) in [7, 11) is 0. The Morgan fingerprint density at radius 2 is 1.29 bits per heavy atom. The van der Waals surface area contributed by atoms with Crippen molar-refractivity contribution in [1.29, 1.82) is 0 Å². The quantitative estimate of drug-likeness (QED) is 0.193. The van der Waals surface area contributed by atoms with Gasteiger partial charge in [-0.15, -0.1) is 0 Å². The van der Waals surface area contributed by atoms with Gasteiger partial charge >= 0.3 is 6.11 Å². The summed E-state index contributed by atoms with van der Waals surface area (Å²) in [5.41, 5.74) is 2.66. The topological polar surface area (TPSA) is 9.23 Å². The summed E-state index contributed by atoms with van der Waals surface area (Å²) in [5.74, 6) is -0.0772. The lowest BCUT2D eigenvalue weighted by Crippen LogP contribution is -2.38. The van der Waals surface area contributed by atoms with Crippen molar-refractivity contribution in [3.05, 3.63) is 69.7 Å². The summed E-state index contributed by atoms with van der Waals surface area (Å²) in [6.45, 7) is 2.24. The molecule has 0 radical (unpaired) electrons. The number of alkyl halides is 2. The van der Waals surface area contributed by atoms with Gasteiger partial charge in [0.15, 0.2) is 0 Å². The van der Waals surface area contributed by atoms with E-state index in [0.717, 1.165) is 29.9 Å². The zero-order valence-electron chi connectivity index (χ0n) is 25.0. The lowest BCUT2D eigenvalue weighted by molar-refractivity contribution is -0.300. The van der Waals surface area contributed by atoms with Crippen molar-refractivity contribution in [2.24, 2.45) is 11.8 Å². The van der Waals surface area contributed by atoms with Crippen molar-refractivity contribution in [1.82, 2.24) is 0 Å². The number of benzene rings is 2. The minimum absolute atomic E-state index is 0.0180. The van der Waals surface area contributed by atoms with Crippen molar-refractivity contribution in [3.8, 4) is 0 Å². The predicted molar refractivity (Wildman–Crippen MR) is 162 cm³/mol. The van der Waals surface area contributed by atoms with Crippen LogP contribution in [-0.2, 0) is 4.74 Å². The van der Waals surface area contributed by atoms with Gasteiger partial charge in [-0.2, -0.15) is 8.78 Å². The first-order valence-corrected chi connectivity index (χ1v) is 16.9. The number of ether oxygens (including phenoxy) is 1. The maximum absolute atomic E-state index is 15.3. The van der Waals surface area contributed by atoms with Gasteiger partial charge < -0.3 is 4.74 Å². The van der Waals surface area contributed by atoms with E-state index in [4.69, 9.17) is 16.3 Å². The van der Waals surface area contributed by atoms with Crippen LogP contribution >= 0.6 is 11.6 Å². The van der Waals surface area contributed by atoms with Crippen LogP contribution in [-0.4, -0.2) is 12.2 Å². The van der Waals surface area contributed by atoms with E-state index in [1.165, 1.54) is 44.6 Å². The first-order chi connectivity index (χ1) is 20.2. The molecule has 6 heteroatoms. The molecular weight excluding hydrogens is 560 g/mol. The molecule has 3 aliphatic rings. The summed E-state index contributed by atoms with van der Waals surface area (Å²) in [4.78, 5) is 0. The molecule has 0 unspecified atom stereocenters. The highest BCUT2D eigenvalue weighted by atomic mass is 35.5. The zero-order valence-corrected chi connectivity index (χ0v) is 25.8. The Morgan fingerprint density at radius 3 is 1.88 bits per heavy atom. The van der Waals surface area contributed by atoms with Crippen LogP contribution < -0.4 is 0 Å². The lowest BCUT2D eigenvalue weighted by atomic mass is 9.75. The molecule has 3 saturated carbocycles. The van der Waals surface area contributed by atoms with E-state index in [0.29, 0.717) is 62.8 Å². The van der Waals surface area contributed by atoms with E-state index in [-0.39, 0.29) is 22.7 Å². The van der Waals surface area contributed by atoms with Gasteiger partial charge in [0.2, 0.25) is 0 Å². The van der Waals surface area contributed by atoms with Crippen LogP contribution in [0.5, 0.6) is 0 Å². The molecule has 5 rings (SSSR count). The molecule has 0 aliphatic heterocycles. The summed E-state index contributed by atoms with van der Waals surface area (Å²) in [6, 6.07) is 10.6. The fraction of sp³-hybridized carbons (Fsp3) is 0.667. The van der Waals surface area contributed by atoms with Crippen LogP contribution in [0.3, 0.4) is 0 Å². The van der Waals surface area contributed by atoms with Gasteiger partial charge in [0.25, 0.3) is 0 Å². The maximum atomic E-state index is 15.3. The third kappa shape index (κ3) is 7.92. The minimum Gasteiger partial charge on any atom is -0.317 e. The average molecular weight is 607 g/mol. The molecule has 2 aromatic rings. The molecule has 3 aliphatic carbocycles. The fourth-order valence-corrected chi connectivity index (χ4v) is 8.05. The van der Waals surface area contributed by atoms with E-state index in [2.05, 4.69) is 13.0 Å². The number of rotatable bonds is 10. The van der Waals surface area contributed by atoms with Crippen LogP contribution in [0.2, 0.25) is 5.02 Å². The Labute approximate surface area is 254 Å². The number of hydrogen-bond acceptors (Lipinski definition) is 1. The van der Waals surface area contributed by atoms with Gasteiger partial charge in [0, 0.05) is 0 Å². The van der Waals surface area contributed by atoms with Crippen LogP contribution in [0, 0.1) is 23.5 Å². The lowest BCUT2D eigenvalue weighted by Gasteiger charge is -2.37. The monoisotopic (exact) mass is 606 g/mol. The third-order valence-corrected chi connectivity index (χ3v) is 10.9. The smallest absolute Gasteiger partial charge is 0.317 e. The summed E-state index contributed by atoms with van der Waals surface area (Å²) in [5, 5.41) is 0.0930. The Kier molecular flexibility index (Phi) is 11.0. The van der Waals surface area contributed by atoms with E-state index < -0.39 is 23.9 Å². The van der Waals surface area contributed by atoms with Gasteiger partial charge in [0.05, 0.1) is 17.0 Å². The van der Waals surface area contributed by atoms with E-state index in [1.807, 2.05) is 12.1 Å². The molecule has 0 N–H and O–H groups in total. The van der Waals surface area contributed by atoms with Gasteiger partial charge in [-0.3, -0.25) is 0 Å². The molecule has 1 nitrogen and oxygen atoms in total. The summed E-state index contributed by atoms with van der Waals surface area (Å²) in [6.07, 6.45) is 10.5. The van der Waals surface area contributed by atoms with E-state index >= 15 is 13.2 Å². The highest BCUT2D eigenvalue weighted by Gasteiger charge is 2.45. The molecule has 0 aromatic heterocycles. The largest absolute Gasteiger partial charge is 0.358 e. The molecule has 0 spiro atoms. The average Bonchev–Trinajstić information content (AvgIpc) is 2.99. The molecule has 232 valence electrons. The highest BCUT2D eigenvalue weighted by molar-refractivity contribution is 6.30. The molecule has 42 heavy (non-hydrogen) atoms. The van der Waals surface area contributed by atoms with Crippen molar-refractivity contribution in [2.75, 3.05) is 0 Å². The van der Waals surface area contributed by atoms with Crippen molar-refractivity contribution < 1.29 is 22.3 Å². The third-order valence-electron chi connectivity index (χ3n) is 10.6. The normalized spacial score (nSPS) is 29.0. The van der Waals surface area contributed by atoms with Crippen LogP contribution in [0.4, 0.5) is 17.6 Å². The Hall–Kier alpha value is -1.59. The second-order valence-corrected chi connectivity index (χ2v) is 13.8. The van der Waals surface area contributed by atoms with E-state index in [1.54, 1.807) is 12.1 Å². The molecule has 0 heterocycles. The molecule has 0 amide bonds. The Morgan fingerprint density at radius 1 is 0.714 bits per heavy atom. The molecule has 0 saturated heterocycles. The molecule has 2 aromatic carbocycles. The first-order valence-electron chi connectivity index (χ1n) is 16.5. The van der Waals surface area contributed by atoms with Crippen molar-refractivity contribution in [2.45, 2.75) is 140 Å². The standard InChI is InChI=1S/C36H47ClF4O/c1-2-3-4-5-24-6-8-25(9-7-24)28-14-20-32(34(38)22-28)27-10-16-30(17-11-27)36(40,41)42-31-18-12-26(13-19-31)29-15-21-33(37)35(39)23-29/h14-15,20-27,30-31H,2-13,16-19H2,1H3. The highest BCUT2D eigenvalue weighted by Crippen LogP contribution is 2.46. The molecular formula is C36H47ClF4O. The van der Waals surface area contributed by atoms with Gasteiger partial charge in [-0.1, -0.05) is 62.4 Å². The Balaban J connectivity index is 1.08. The van der Waals surface area contributed by atoms with Gasteiger partial charge in [0.1, 0.15) is 11.6 Å². The number of unbranched alkanes of at least 4 members (excludes halogenated alkanes) is 2. The maximum Gasteiger partial charge on any atom is 0.358 e. The number of halogens is 5. The summed E-state index contributed by atoms with van der Waals surface area (Å²) >= 11 is 5.80. The minimum atomic E-state index is -3.19. The molecule has 0 atom stereocenters. The second kappa shape index (κ2) is 14.5. The zero-order chi connectivity index (χ0) is 29.7. The van der Waals surface area contributed by atoms with Crippen LogP contribution in [0.1, 0.15) is 144 Å². The molecule has 0 bridgehead atoms. The van der Waals surface area contributed by atoms with Crippen molar-refractivity contribution in [3.63, 3.8) is 0 Å². The van der Waals surface area contributed by atoms with Gasteiger partial charge in [-0.05, 0) is 136 Å². The Bertz CT molecular complexity index is 1150. The first kappa shape index (κ1) is 31.8. The molecule has 3 fully saturated rings. The number of hydrogen-bond donors (Lipinski definition) is 0. The second-order valence-electron chi connectivity index (χ2n) is 13.4. The van der Waals surface area contributed by atoms with Gasteiger partial charge in [-0.25, -0.2) is 8.78 Å². The summed E-state index contributed by atoms with van der Waals surface area (Å²) < 4.78 is 65.1. The van der Waals surface area contributed by atoms with Crippen LogP contribution in [0.25, 0.3) is 0 Å². The predicted octanol–water partition coefficient (Wildman–Crippen LogP) is 12.1. The van der Waals surface area contributed by atoms with Crippen molar-refractivity contribution >= 4 is 11.6 Å². The SMILES string of the molecule is CCCCCC1CCC(c2ccc(C3CCC(C(F)(F)OC4CCC(c5ccc(Cl)c(F)c5)CC4)CC3)c(F)c2)CC1. The fourth-order valence-electron chi connectivity index (χ4n) is 7.94. The van der Waals surface area contributed by atoms with Crippen LogP contribution in [0.15, 0.2) is 36.4 Å².